The predicted molar refractivity (Wildman–Crippen MR) is 81.6 cm³/mol. The number of benzene rings is 1. The summed E-state index contributed by atoms with van der Waals surface area (Å²) in [5.74, 6) is 0. The highest BCUT2D eigenvalue weighted by molar-refractivity contribution is 5.87. The minimum atomic E-state index is 1.18. The lowest BCUT2D eigenvalue weighted by atomic mass is 10.0. The van der Waals surface area contributed by atoms with Crippen LogP contribution in [0, 0.1) is 0 Å². The Morgan fingerprint density at radius 2 is 1.83 bits per heavy atom. The Morgan fingerprint density at radius 1 is 1.06 bits per heavy atom. The third-order valence-corrected chi connectivity index (χ3v) is 2.63. The lowest BCUT2D eigenvalue weighted by molar-refractivity contribution is 1.36. The Balaban J connectivity index is 0.000000771. The molecule has 94 valence electrons. The van der Waals surface area contributed by atoms with Crippen LogP contribution < -0.4 is 0 Å². The van der Waals surface area contributed by atoms with E-state index in [9.17, 15) is 0 Å². The van der Waals surface area contributed by atoms with Crippen molar-refractivity contribution >= 4 is 16.3 Å². The summed E-state index contributed by atoms with van der Waals surface area (Å²) < 4.78 is 0. The standard InChI is InChI=1S/C15H15N.C2H6/c1-3-5-12(4-2)13-6-7-15-11-16-9-8-14(15)10-13;1-2/h3-11H,1-2H3;1-2H3/b5-3-,12-4+;. The molecule has 0 bridgehead atoms. The van der Waals surface area contributed by atoms with Crippen molar-refractivity contribution < 1.29 is 0 Å². The van der Waals surface area contributed by atoms with Crippen LogP contribution in [0.25, 0.3) is 16.3 Å². The van der Waals surface area contributed by atoms with Gasteiger partial charge in [-0.3, -0.25) is 4.98 Å². The summed E-state index contributed by atoms with van der Waals surface area (Å²) in [6.07, 6.45) is 10.0. The molecule has 0 aliphatic heterocycles. The van der Waals surface area contributed by atoms with E-state index in [2.05, 4.69) is 48.3 Å². The fraction of sp³-hybridized carbons (Fsp3) is 0.235. The van der Waals surface area contributed by atoms with Crippen molar-refractivity contribution in [3.05, 3.63) is 60.5 Å². The van der Waals surface area contributed by atoms with Gasteiger partial charge in [-0.1, -0.05) is 44.2 Å². The second-order valence-electron chi connectivity index (χ2n) is 3.68. The van der Waals surface area contributed by atoms with Gasteiger partial charge in [0, 0.05) is 17.8 Å². The Labute approximate surface area is 110 Å². The minimum Gasteiger partial charge on any atom is -0.264 e. The zero-order chi connectivity index (χ0) is 13.4. The first-order chi connectivity index (χ1) is 8.85. The maximum absolute atomic E-state index is 4.12. The molecule has 1 aromatic heterocycles. The Hall–Kier alpha value is -1.89. The highest BCUT2D eigenvalue weighted by atomic mass is 14.6. The summed E-state index contributed by atoms with van der Waals surface area (Å²) in [6.45, 7) is 8.10. The monoisotopic (exact) mass is 239 g/mol. The molecule has 0 radical (unpaired) electrons. The average Bonchev–Trinajstić information content (AvgIpc) is 2.46. The molecule has 1 aromatic carbocycles. The normalized spacial score (nSPS) is 11.4. The lowest BCUT2D eigenvalue weighted by Gasteiger charge is -2.04. The molecule has 0 saturated carbocycles. The zero-order valence-corrected chi connectivity index (χ0v) is 11.6. The molecule has 0 atom stereocenters. The van der Waals surface area contributed by atoms with Crippen LogP contribution in [0.3, 0.4) is 0 Å². The van der Waals surface area contributed by atoms with Gasteiger partial charge in [-0.05, 0) is 42.5 Å². The van der Waals surface area contributed by atoms with Crippen molar-refractivity contribution in [1.29, 1.82) is 0 Å². The lowest BCUT2D eigenvalue weighted by Crippen LogP contribution is -1.82. The van der Waals surface area contributed by atoms with E-state index in [4.69, 9.17) is 0 Å². The van der Waals surface area contributed by atoms with E-state index in [1.807, 2.05) is 39.2 Å². The summed E-state index contributed by atoms with van der Waals surface area (Å²) in [7, 11) is 0. The summed E-state index contributed by atoms with van der Waals surface area (Å²) in [5, 5.41) is 2.42. The van der Waals surface area contributed by atoms with E-state index < -0.39 is 0 Å². The second kappa shape index (κ2) is 7.44. The first-order valence-corrected chi connectivity index (χ1v) is 6.48. The summed E-state index contributed by atoms with van der Waals surface area (Å²) >= 11 is 0. The van der Waals surface area contributed by atoms with Gasteiger partial charge in [0.15, 0.2) is 0 Å². The fourth-order valence-electron chi connectivity index (χ4n) is 1.80. The van der Waals surface area contributed by atoms with E-state index in [1.54, 1.807) is 0 Å². The Bertz CT molecular complexity index is 550. The van der Waals surface area contributed by atoms with Crippen molar-refractivity contribution in [3.8, 4) is 0 Å². The van der Waals surface area contributed by atoms with E-state index in [-0.39, 0.29) is 0 Å². The Kier molecular flexibility index (Phi) is 5.86. The molecule has 0 aliphatic rings. The molecule has 2 aromatic rings. The van der Waals surface area contributed by atoms with Crippen LogP contribution >= 0.6 is 0 Å². The van der Waals surface area contributed by atoms with Gasteiger partial charge in [-0.2, -0.15) is 0 Å². The van der Waals surface area contributed by atoms with Gasteiger partial charge in [0.1, 0.15) is 0 Å². The SMILES string of the molecule is C/C=C\C(=C/C)c1ccc2cnccc2c1.CC. The average molecular weight is 239 g/mol. The molecule has 18 heavy (non-hydrogen) atoms. The highest BCUT2D eigenvalue weighted by Crippen LogP contribution is 2.21. The topological polar surface area (TPSA) is 12.9 Å². The van der Waals surface area contributed by atoms with Gasteiger partial charge >= 0.3 is 0 Å². The van der Waals surface area contributed by atoms with E-state index in [0.717, 1.165) is 0 Å². The number of allylic oxidation sites excluding steroid dienone is 4. The largest absolute Gasteiger partial charge is 0.264 e. The molecule has 0 saturated heterocycles. The van der Waals surface area contributed by atoms with Crippen LogP contribution in [-0.4, -0.2) is 4.98 Å². The molecule has 0 amide bonds. The van der Waals surface area contributed by atoms with Crippen LogP contribution in [0.1, 0.15) is 33.3 Å². The third-order valence-electron chi connectivity index (χ3n) is 2.63. The molecular formula is C17H21N. The van der Waals surface area contributed by atoms with Crippen molar-refractivity contribution in [2.24, 2.45) is 0 Å². The Morgan fingerprint density at radius 3 is 2.50 bits per heavy atom. The van der Waals surface area contributed by atoms with Crippen molar-refractivity contribution in [3.63, 3.8) is 0 Å². The van der Waals surface area contributed by atoms with Gasteiger partial charge in [0.05, 0.1) is 0 Å². The summed E-state index contributed by atoms with van der Waals surface area (Å²) in [5.41, 5.74) is 2.50. The molecule has 0 fully saturated rings. The van der Waals surface area contributed by atoms with Gasteiger partial charge in [0.2, 0.25) is 0 Å². The zero-order valence-electron chi connectivity index (χ0n) is 11.6. The quantitative estimate of drug-likeness (QED) is 0.653. The van der Waals surface area contributed by atoms with Crippen molar-refractivity contribution in [1.82, 2.24) is 4.98 Å². The van der Waals surface area contributed by atoms with Crippen molar-refractivity contribution in [2.75, 3.05) is 0 Å². The smallest absolute Gasteiger partial charge is 0.0346 e. The first-order valence-electron chi connectivity index (χ1n) is 6.48. The fourth-order valence-corrected chi connectivity index (χ4v) is 1.80. The molecule has 0 unspecified atom stereocenters. The molecular weight excluding hydrogens is 218 g/mol. The molecule has 1 heteroatoms. The number of hydrogen-bond acceptors (Lipinski definition) is 1. The summed E-state index contributed by atoms with van der Waals surface area (Å²) in [4.78, 5) is 4.12. The van der Waals surface area contributed by atoms with E-state index >= 15 is 0 Å². The third kappa shape index (κ3) is 3.30. The van der Waals surface area contributed by atoms with Crippen LogP contribution in [0.5, 0.6) is 0 Å². The maximum atomic E-state index is 4.12. The second-order valence-corrected chi connectivity index (χ2v) is 3.68. The number of nitrogens with zero attached hydrogens (tertiary/aromatic N) is 1. The maximum Gasteiger partial charge on any atom is 0.0346 e. The van der Waals surface area contributed by atoms with E-state index in [0.29, 0.717) is 0 Å². The first kappa shape index (κ1) is 14.2. The molecule has 0 N–H and O–H groups in total. The summed E-state index contributed by atoms with van der Waals surface area (Å²) in [6, 6.07) is 8.50. The number of pyridine rings is 1. The molecule has 0 spiro atoms. The van der Waals surface area contributed by atoms with Crippen LogP contribution in [-0.2, 0) is 0 Å². The van der Waals surface area contributed by atoms with Crippen LogP contribution in [0.4, 0.5) is 0 Å². The number of aromatic nitrogens is 1. The number of fused-ring (bicyclic) bond motifs is 1. The van der Waals surface area contributed by atoms with Crippen LogP contribution in [0.2, 0.25) is 0 Å². The highest BCUT2D eigenvalue weighted by Gasteiger charge is 1.98. The van der Waals surface area contributed by atoms with Crippen molar-refractivity contribution in [2.45, 2.75) is 27.7 Å². The van der Waals surface area contributed by atoms with Crippen LogP contribution in [0.15, 0.2) is 54.9 Å². The number of rotatable bonds is 2. The molecule has 1 heterocycles. The van der Waals surface area contributed by atoms with Gasteiger partial charge in [0.25, 0.3) is 0 Å². The molecule has 2 rings (SSSR count). The minimum absolute atomic E-state index is 1.18. The van der Waals surface area contributed by atoms with Gasteiger partial charge in [-0.15, -0.1) is 0 Å². The number of hydrogen-bond donors (Lipinski definition) is 0. The van der Waals surface area contributed by atoms with E-state index in [1.165, 1.54) is 21.9 Å². The molecule has 0 aliphatic carbocycles. The van der Waals surface area contributed by atoms with Gasteiger partial charge in [-0.25, -0.2) is 0 Å². The van der Waals surface area contributed by atoms with Gasteiger partial charge < -0.3 is 0 Å². The molecule has 1 nitrogen and oxygen atoms in total. The predicted octanol–water partition coefficient (Wildman–Crippen LogP) is 5.24.